The van der Waals surface area contributed by atoms with Crippen LogP contribution in [-0.2, 0) is 9.59 Å². The van der Waals surface area contributed by atoms with Gasteiger partial charge in [-0.1, -0.05) is 34.6 Å². The summed E-state index contributed by atoms with van der Waals surface area (Å²) in [6.07, 6.45) is 3.03. The summed E-state index contributed by atoms with van der Waals surface area (Å²) in [4.78, 5) is 22.9. The molecular formula is C14H27NO2. The predicted molar refractivity (Wildman–Crippen MR) is 70.8 cm³/mol. The molecule has 3 nitrogen and oxygen atoms in total. The number of Topliss-reactive ketones (excluding diaryl/α,β-unsaturated/α-hetero) is 1. The highest BCUT2D eigenvalue weighted by molar-refractivity contribution is 6.36. The van der Waals surface area contributed by atoms with Crippen LogP contribution in [0.5, 0.6) is 0 Å². The molecule has 17 heavy (non-hydrogen) atoms. The normalized spacial score (nSPS) is 15.2. The zero-order chi connectivity index (χ0) is 13.7. The van der Waals surface area contributed by atoms with E-state index < -0.39 is 5.91 Å². The van der Waals surface area contributed by atoms with Crippen molar-refractivity contribution in [2.24, 2.45) is 5.41 Å². The van der Waals surface area contributed by atoms with Crippen LogP contribution in [0.2, 0.25) is 0 Å². The lowest BCUT2D eigenvalue weighted by molar-refractivity contribution is -0.139. The van der Waals surface area contributed by atoms with Gasteiger partial charge in [0, 0.05) is 12.0 Å². The summed E-state index contributed by atoms with van der Waals surface area (Å²) in [5, 5.41) is 2.88. The van der Waals surface area contributed by atoms with Crippen molar-refractivity contribution in [3.05, 3.63) is 0 Å². The second-order valence-electron chi connectivity index (χ2n) is 6.21. The van der Waals surface area contributed by atoms with Crippen molar-refractivity contribution in [1.29, 1.82) is 0 Å². The molecule has 0 aliphatic rings. The summed E-state index contributed by atoms with van der Waals surface area (Å²) in [6.45, 7) is 12.3. The Kier molecular flexibility index (Phi) is 5.86. The first-order valence-corrected chi connectivity index (χ1v) is 6.49. The topological polar surface area (TPSA) is 46.2 Å². The van der Waals surface area contributed by atoms with Crippen molar-refractivity contribution in [1.82, 2.24) is 5.32 Å². The Labute approximate surface area is 105 Å². The third kappa shape index (κ3) is 6.44. The van der Waals surface area contributed by atoms with Crippen LogP contribution in [-0.4, -0.2) is 17.2 Å². The average Bonchev–Trinajstić information content (AvgIpc) is 2.24. The van der Waals surface area contributed by atoms with Crippen molar-refractivity contribution < 1.29 is 9.59 Å². The zero-order valence-electron chi connectivity index (χ0n) is 12.1. The Balaban J connectivity index is 4.47. The number of hydrogen-bond acceptors (Lipinski definition) is 2. The number of nitrogens with one attached hydrogen (secondary N) is 1. The molecule has 0 aliphatic heterocycles. The van der Waals surface area contributed by atoms with E-state index >= 15 is 0 Å². The van der Waals surface area contributed by atoms with E-state index in [1.165, 1.54) is 0 Å². The number of carbonyl (C=O) groups is 2. The fourth-order valence-electron chi connectivity index (χ4n) is 1.48. The van der Waals surface area contributed by atoms with Gasteiger partial charge in [-0.15, -0.1) is 0 Å². The highest BCUT2D eigenvalue weighted by atomic mass is 16.2. The minimum Gasteiger partial charge on any atom is -0.344 e. The minimum atomic E-state index is -0.439. The minimum absolute atomic E-state index is 0.246. The summed E-state index contributed by atoms with van der Waals surface area (Å²) in [5.74, 6) is -0.772. The van der Waals surface area contributed by atoms with Crippen molar-refractivity contribution in [2.45, 2.75) is 72.8 Å². The maximum absolute atomic E-state index is 11.6. The molecule has 0 bridgehead atoms. The summed E-state index contributed by atoms with van der Waals surface area (Å²) in [7, 11) is 0. The van der Waals surface area contributed by atoms with Crippen LogP contribution in [0.3, 0.4) is 0 Å². The number of amides is 1. The highest BCUT2D eigenvalue weighted by Gasteiger charge is 2.28. The van der Waals surface area contributed by atoms with Crippen LogP contribution in [0.4, 0.5) is 0 Å². The smallest absolute Gasteiger partial charge is 0.287 e. The Morgan fingerprint density at radius 1 is 1.00 bits per heavy atom. The molecule has 3 heteroatoms. The second-order valence-corrected chi connectivity index (χ2v) is 6.21. The molecule has 0 saturated carbocycles. The van der Waals surface area contributed by atoms with E-state index in [0.717, 1.165) is 19.3 Å². The van der Waals surface area contributed by atoms with Gasteiger partial charge in [-0.2, -0.15) is 0 Å². The van der Waals surface area contributed by atoms with Crippen molar-refractivity contribution in [2.75, 3.05) is 0 Å². The molecule has 0 rings (SSSR count). The van der Waals surface area contributed by atoms with Gasteiger partial charge in [-0.25, -0.2) is 0 Å². The van der Waals surface area contributed by atoms with E-state index in [-0.39, 0.29) is 23.2 Å². The molecule has 1 amide bonds. The molecule has 1 atom stereocenters. The van der Waals surface area contributed by atoms with Crippen LogP contribution in [0.1, 0.15) is 67.2 Å². The Morgan fingerprint density at radius 3 is 1.88 bits per heavy atom. The monoisotopic (exact) mass is 241 g/mol. The molecule has 0 spiro atoms. The average molecular weight is 241 g/mol. The van der Waals surface area contributed by atoms with E-state index in [1.807, 2.05) is 13.8 Å². The van der Waals surface area contributed by atoms with Gasteiger partial charge in [0.05, 0.1) is 0 Å². The predicted octanol–water partition coefficient (Wildman–Crippen LogP) is 3.08. The first-order chi connectivity index (χ1) is 7.63. The summed E-state index contributed by atoms with van der Waals surface area (Å²) < 4.78 is 0. The SMILES string of the molecule is CCC(=O)C(=O)NC(C)(CC)CCC(C)(C)C. The molecule has 100 valence electrons. The first kappa shape index (κ1) is 16.1. The van der Waals surface area contributed by atoms with Gasteiger partial charge in [0.15, 0.2) is 0 Å². The van der Waals surface area contributed by atoms with Gasteiger partial charge in [-0.3, -0.25) is 9.59 Å². The standard InChI is InChI=1S/C14H27NO2/c1-7-11(16)12(17)15-14(6,8-2)10-9-13(3,4)5/h7-10H2,1-6H3,(H,15,17). The Morgan fingerprint density at radius 2 is 1.53 bits per heavy atom. The van der Waals surface area contributed by atoms with Crippen LogP contribution in [0.25, 0.3) is 0 Å². The lowest BCUT2D eigenvalue weighted by Gasteiger charge is -2.32. The molecule has 1 N–H and O–H groups in total. The summed E-state index contributed by atoms with van der Waals surface area (Å²) in [5.41, 5.74) is -0.0227. The van der Waals surface area contributed by atoms with Crippen molar-refractivity contribution in [3.8, 4) is 0 Å². The maximum Gasteiger partial charge on any atom is 0.287 e. The summed E-state index contributed by atoms with van der Waals surface area (Å²) >= 11 is 0. The van der Waals surface area contributed by atoms with Crippen molar-refractivity contribution in [3.63, 3.8) is 0 Å². The number of hydrogen-bond donors (Lipinski definition) is 1. The lowest BCUT2D eigenvalue weighted by Crippen LogP contribution is -2.48. The van der Waals surface area contributed by atoms with Gasteiger partial charge in [0.2, 0.25) is 5.78 Å². The maximum atomic E-state index is 11.6. The highest BCUT2D eigenvalue weighted by Crippen LogP contribution is 2.27. The lowest BCUT2D eigenvalue weighted by atomic mass is 9.82. The second kappa shape index (κ2) is 6.18. The van der Waals surface area contributed by atoms with Crippen LogP contribution < -0.4 is 5.32 Å². The summed E-state index contributed by atoms with van der Waals surface area (Å²) in [6, 6.07) is 0. The van der Waals surface area contributed by atoms with Crippen LogP contribution in [0.15, 0.2) is 0 Å². The molecule has 0 radical (unpaired) electrons. The Hall–Kier alpha value is -0.860. The van der Waals surface area contributed by atoms with E-state index in [9.17, 15) is 9.59 Å². The van der Waals surface area contributed by atoms with E-state index in [0.29, 0.717) is 0 Å². The molecule has 0 aromatic carbocycles. The fourth-order valence-corrected chi connectivity index (χ4v) is 1.48. The molecule has 0 aromatic rings. The number of rotatable bonds is 6. The zero-order valence-corrected chi connectivity index (χ0v) is 12.1. The van der Waals surface area contributed by atoms with E-state index in [2.05, 4.69) is 26.1 Å². The van der Waals surface area contributed by atoms with E-state index in [1.54, 1.807) is 6.92 Å². The van der Waals surface area contributed by atoms with Gasteiger partial charge in [-0.05, 0) is 31.6 Å². The molecule has 0 fully saturated rings. The molecular weight excluding hydrogens is 214 g/mol. The Bertz CT molecular complexity index is 278. The van der Waals surface area contributed by atoms with Crippen molar-refractivity contribution >= 4 is 11.7 Å². The quantitative estimate of drug-likeness (QED) is 0.726. The molecule has 0 aromatic heterocycles. The third-order valence-electron chi connectivity index (χ3n) is 3.20. The fraction of sp³-hybridized carbons (Fsp3) is 0.857. The van der Waals surface area contributed by atoms with Gasteiger partial charge >= 0.3 is 0 Å². The number of ketones is 1. The molecule has 1 unspecified atom stereocenters. The molecule has 0 heterocycles. The molecule has 0 saturated heterocycles. The van der Waals surface area contributed by atoms with E-state index in [4.69, 9.17) is 0 Å². The first-order valence-electron chi connectivity index (χ1n) is 6.49. The van der Waals surface area contributed by atoms with Crippen LogP contribution >= 0.6 is 0 Å². The van der Waals surface area contributed by atoms with Crippen LogP contribution in [0, 0.1) is 5.41 Å². The third-order valence-corrected chi connectivity index (χ3v) is 3.20. The number of carbonyl (C=O) groups excluding carboxylic acids is 2. The molecule has 0 aliphatic carbocycles. The van der Waals surface area contributed by atoms with Gasteiger partial charge in [0.25, 0.3) is 5.91 Å². The van der Waals surface area contributed by atoms with Gasteiger partial charge in [0.1, 0.15) is 0 Å². The van der Waals surface area contributed by atoms with Gasteiger partial charge < -0.3 is 5.32 Å². The largest absolute Gasteiger partial charge is 0.344 e.